The number of thioether (sulfide) groups is 1. The summed E-state index contributed by atoms with van der Waals surface area (Å²) in [5.41, 5.74) is 1.02. The lowest BCUT2D eigenvalue weighted by Gasteiger charge is -2.23. The molecule has 5 nitrogen and oxygen atoms in total. The van der Waals surface area contributed by atoms with Crippen LogP contribution in [0.15, 0.2) is 64.4 Å². The summed E-state index contributed by atoms with van der Waals surface area (Å²) >= 11 is 1.54. The van der Waals surface area contributed by atoms with Gasteiger partial charge in [-0.3, -0.25) is 4.79 Å². The van der Waals surface area contributed by atoms with Crippen LogP contribution >= 0.6 is 11.8 Å². The molecule has 2 rings (SSSR count). The summed E-state index contributed by atoms with van der Waals surface area (Å²) in [5, 5.41) is 2.99. The molecule has 0 aliphatic carbocycles. The van der Waals surface area contributed by atoms with Crippen molar-refractivity contribution < 1.29 is 13.2 Å². The van der Waals surface area contributed by atoms with Crippen LogP contribution in [0.1, 0.15) is 31.9 Å². The zero-order chi connectivity index (χ0) is 20.7. The van der Waals surface area contributed by atoms with E-state index in [1.807, 2.05) is 36.6 Å². The maximum Gasteiger partial charge on any atom is 0.243 e. The predicted molar refractivity (Wildman–Crippen MR) is 115 cm³/mol. The molecule has 1 N–H and O–H groups in total. The van der Waals surface area contributed by atoms with Gasteiger partial charge in [0.25, 0.3) is 0 Å². The number of hydrogen-bond donors (Lipinski definition) is 1. The van der Waals surface area contributed by atoms with Gasteiger partial charge in [0.2, 0.25) is 15.9 Å². The van der Waals surface area contributed by atoms with E-state index in [2.05, 4.69) is 19.2 Å². The fourth-order valence-electron chi connectivity index (χ4n) is 2.89. The molecule has 0 radical (unpaired) electrons. The first-order valence-electron chi connectivity index (χ1n) is 9.18. The largest absolute Gasteiger partial charge is 0.348 e. The van der Waals surface area contributed by atoms with Crippen molar-refractivity contribution in [1.29, 1.82) is 0 Å². The number of amides is 1. The average Bonchev–Trinajstić information content (AvgIpc) is 2.67. The molecule has 152 valence electrons. The SMILES string of the molecule is CSc1ccc(S(=O)(=O)N(C)CC(=O)N[C@@H](CC(C)C)c2ccccc2)cc1. The lowest BCUT2D eigenvalue weighted by molar-refractivity contribution is -0.122. The second kappa shape index (κ2) is 10.1. The van der Waals surface area contributed by atoms with E-state index in [4.69, 9.17) is 0 Å². The summed E-state index contributed by atoms with van der Waals surface area (Å²) < 4.78 is 26.6. The molecule has 2 aromatic carbocycles. The standard InChI is InChI=1S/C21H28N2O3S2/c1-16(2)14-20(17-8-6-5-7-9-17)22-21(24)15-23(3)28(25,26)19-12-10-18(27-4)11-13-19/h5-13,16,20H,14-15H2,1-4H3,(H,22,24)/t20-/m0/s1. The van der Waals surface area contributed by atoms with Gasteiger partial charge in [0.1, 0.15) is 0 Å². The number of carbonyl (C=O) groups excluding carboxylic acids is 1. The van der Waals surface area contributed by atoms with Crippen molar-refractivity contribution in [1.82, 2.24) is 9.62 Å². The van der Waals surface area contributed by atoms with E-state index in [0.29, 0.717) is 5.92 Å². The van der Waals surface area contributed by atoms with E-state index in [0.717, 1.165) is 21.2 Å². The Kier molecular flexibility index (Phi) is 8.10. The first-order chi connectivity index (χ1) is 13.2. The van der Waals surface area contributed by atoms with Crippen LogP contribution in [0.2, 0.25) is 0 Å². The Morgan fingerprint density at radius 2 is 1.68 bits per heavy atom. The van der Waals surface area contributed by atoms with Crippen molar-refractivity contribution in [2.75, 3.05) is 19.8 Å². The zero-order valence-electron chi connectivity index (χ0n) is 16.8. The Bertz CT molecular complexity index is 866. The second-order valence-corrected chi connectivity index (χ2v) is 10.0. The van der Waals surface area contributed by atoms with Gasteiger partial charge in [-0.05, 0) is 48.4 Å². The van der Waals surface area contributed by atoms with Crippen LogP contribution in [0.4, 0.5) is 0 Å². The van der Waals surface area contributed by atoms with Crippen LogP contribution in [0, 0.1) is 5.92 Å². The number of hydrogen-bond acceptors (Lipinski definition) is 4. The summed E-state index contributed by atoms with van der Waals surface area (Å²) in [7, 11) is -2.29. The van der Waals surface area contributed by atoms with E-state index in [9.17, 15) is 13.2 Å². The van der Waals surface area contributed by atoms with Gasteiger partial charge in [0, 0.05) is 11.9 Å². The van der Waals surface area contributed by atoms with Crippen molar-refractivity contribution in [2.45, 2.75) is 36.1 Å². The number of sulfonamides is 1. The highest BCUT2D eigenvalue weighted by atomic mass is 32.2. The maximum atomic E-state index is 12.7. The third kappa shape index (κ3) is 6.09. The van der Waals surface area contributed by atoms with Gasteiger partial charge in [0.05, 0.1) is 17.5 Å². The summed E-state index contributed by atoms with van der Waals surface area (Å²) in [6, 6.07) is 16.3. The molecule has 7 heteroatoms. The fraction of sp³-hybridized carbons (Fsp3) is 0.381. The first kappa shape index (κ1) is 22.5. The minimum absolute atomic E-state index is 0.148. The third-order valence-electron chi connectivity index (χ3n) is 4.38. The van der Waals surface area contributed by atoms with Gasteiger partial charge in [-0.15, -0.1) is 11.8 Å². The lowest BCUT2D eigenvalue weighted by atomic mass is 9.97. The van der Waals surface area contributed by atoms with Gasteiger partial charge < -0.3 is 5.32 Å². The molecule has 0 aliphatic heterocycles. The van der Waals surface area contributed by atoms with E-state index < -0.39 is 10.0 Å². The van der Waals surface area contributed by atoms with Crippen LogP contribution < -0.4 is 5.32 Å². The van der Waals surface area contributed by atoms with Gasteiger partial charge in [-0.2, -0.15) is 4.31 Å². The van der Waals surface area contributed by atoms with Crippen LogP contribution in [-0.4, -0.2) is 38.5 Å². The molecule has 0 bridgehead atoms. The van der Waals surface area contributed by atoms with Crippen LogP contribution in [0.5, 0.6) is 0 Å². The maximum absolute atomic E-state index is 12.7. The molecule has 0 aliphatic rings. The summed E-state index contributed by atoms with van der Waals surface area (Å²) in [6.07, 6.45) is 2.71. The molecular weight excluding hydrogens is 392 g/mol. The Balaban J connectivity index is 2.08. The van der Waals surface area contributed by atoms with Crippen molar-refractivity contribution >= 4 is 27.7 Å². The van der Waals surface area contributed by atoms with E-state index in [1.165, 1.54) is 7.05 Å². The molecule has 0 fully saturated rings. The second-order valence-electron chi connectivity index (χ2n) is 7.10. The number of likely N-dealkylation sites (N-methyl/N-ethyl adjacent to an activating group) is 1. The molecule has 28 heavy (non-hydrogen) atoms. The van der Waals surface area contributed by atoms with E-state index in [-0.39, 0.29) is 23.4 Å². The topological polar surface area (TPSA) is 66.5 Å². The smallest absolute Gasteiger partial charge is 0.243 e. The number of benzene rings is 2. The van der Waals surface area contributed by atoms with Crippen LogP contribution in [0.3, 0.4) is 0 Å². The number of rotatable bonds is 9. The van der Waals surface area contributed by atoms with Crippen LogP contribution in [0.25, 0.3) is 0 Å². The highest BCUT2D eigenvalue weighted by Crippen LogP contribution is 2.22. The summed E-state index contributed by atoms with van der Waals surface area (Å²) in [4.78, 5) is 13.7. The molecule has 1 amide bonds. The Hall–Kier alpha value is -1.83. The van der Waals surface area contributed by atoms with Crippen molar-refractivity contribution in [3.63, 3.8) is 0 Å². The van der Waals surface area contributed by atoms with Crippen molar-refractivity contribution in [2.24, 2.45) is 5.92 Å². The molecule has 2 aromatic rings. The molecule has 0 unspecified atom stereocenters. The zero-order valence-corrected chi connectivity index (χ0v) is 18.4. The highest BCUT2D eigenvalue weighted by Gasteiger charge is 2.24. The number of carbonyl (C=O) groups is 1. The van der Waals surface area contributed by atoms with E-state index in [1.54, 1.807) is 36.0 Å². The van der Waals surface area contributed by atoms with Gasteiger partial charge in [0.15, 0.2) is 0 Å². The Labute approximate surface area is 172 Å². The summed E-state index contributed by atoms with van der Waals surface area (Å²) in [6.45, 7) is 3.96. The molecular formula is C21H28N2O3S2. The molecule has 0 spiro atoms. The first-order valence-corrected chi connectivity index (χ1v) is 11.8. The number of nitrogens with one attached hydrogen (secondary N) is 1. The molecule has 0 heterocycles. The quantitative estimate of drug-likeness (QED) is 0.624. The minimum atomic E-state index is -3.72. The third-order valence-corrected chi connectivity index (χ3v) is 6.94. The normalized spacial score (nSPS) is 12.9. The Morgan fingerprint density at radius 3 is 2.21 bits per heavy atom. The molecule has 0 aromatic heterocycles. The van der Waals surface area contributed by atoms with Gasteiger partial charge >= 0.3 is 0 Å². The van der Waals surface area contributed by atoms with Crippen molar-refractivity contribution in [3.05, 3.63) is 60.2 Å². The van der Waals surface area contributed by atoms with Gasteiger partial charge in [-0.1, -0.05) is 44.2 Å². The highest BCUT2D eigenvalue weighted by molar-refractivity contribution is 7.98. The monoisotopic (exact) mass is 420 g/mol. The van der Waals surface area contributed by atoms with Crippen molar-refractivity contribution in [3.8, 4) is 0 Å². The van der Waals surface area contributed by atoms with Crippen LogP contribution in [-0.2, 0) is 14.8 Å². The molecule has 0 saturated carbocycles. The average molecular weight is 421 g/mol. The fourth-order valence-corrected chi connectivity index (χ4v) is 4.43. The molecule has 0 saturated heterocycles. The Morgan fingerprint density at radius 1 is 1.07 bits per heavy atom. The lowest BCUT2D eigenvalue weighted by Crippen LogP contribution is -2.40. The number of nitrogens with zero attached hydrogens (tertiary/aromatic N) is 1. The minimum Gasteiger partial charge on any atom is -0.348 e. The van der Waals surface area contributed by atoms with E-state index >= 15 is 0 Å². The summed E-state index contributed by atoms with van der Waals surface area (Å²) in [5.74, 6) is 0.0724. The predicted octanol–water partition coefficient (Wildman–Crippen LogP) is 3.93. The molecule has 1 atom stereocenters. The van der Waals surface area contributed by atoms with Gasteiger partial charge in [-0.25, -0.2) is 8.42 Å².